The number of fused-ring (bicyclic) bond motifs is 1. The summed E-state index contributed by atoms with van der Waals surface area (Å²) in [5, 5.41) is 6.14. The third-order valence-electron chi connectivity index (χ3n) is 3.16. The van der Waals surface area contributed by atoms with Crippen LogP contribution in [0.2, 0.25) is 0 Å². The second-order valence-electron chi connectivity index (χ2n) is 4.83. The van der Waals surface area contributed by atoms with Crippen LogP contribution in [0.15, 0.2) is 16.4 Å². The molecular weight excluding hydrogens is 310 g/mol. The van der Waals surface area contributed by atoms with E-state index in [0.29, 0.717) is 21.6 Å². The van der Waals surface area contributed by atoms with Gasteiger partial charge in [-0.05, 0) is 30.0 Å². The van der Waals surface area contributed by atoms with Crippen molar-refractivity contribution >= 4 is 33.7 Å². The zero-order valence-electron chi connectivity index (χ0n) is 11.8. The van der Waals surface area contributed by atoms with Crippen molar-refractivity contribution in [2.24, 2.45) is 7.05 Å². The van der Waals surface area contributed by atoms with Gasteiger partial charge in [0.1, 0.15) is 16.3 Å². The van der Waals surface area contributed by atoms with Gasteiger partial charge >= 0.3 is 0 Å². The Bertz CT molecular complexity index is 923. The Morgan fingerprint density at radius 3 is 2.91 bits per heavy atom. The highest BCUT2D eigenvalue weighted by molar-refractivity contribution is 7.16. The zero-order valence-corrected chi connectivity index (χ0v) is 12.6. The molecule has 0 spiro atoms. The molecule has 0 amide bonds. The Morgan fingerprint density at radius 2 is 2.18 bits per heavy atom. The molecule has 0 saturated heterocycles. The van der Waals surface area contributed by atoms with Gasteiger partial charge in [0, 0.05) is 18.8 Å². The van der Waals surface area contributed by atoms with Crippen molar-refractivity contribution in [1.82, 2.24) is 19.7 Å². The van der Waals surface area contributed by atoms with E-state index in [1.807, 2.05) is 12.3 Å². The lowest BCUT2D eigenvalue weighted by atomic mass is 10.2. The Labute approximate surface area is 127 Å². The predicted octanol–water partition coefficient (Wildman–Crippen LogP) is 3.13. The lowest BCUT2D eigenvalue weighted by Crippen LogP contribution is -2.09. The second kappa shape index (κ2) is 5.45. The molecule has 0 aromatic carbocycles. The van der Waals surface area contributed by atoms with Crippen LogP contribution < -0.4 is 5.56 Å². The van der Waals surface area contributed by atoms with E-state index < -0.39 is 6.43 Å². The van der Waals surface area contributed by atoms with Crippen LogP contribution in [-0.4, -0.2) is 19.7 Å². The lowest BCUT2D eigenvalue weighted by molar-refractivity contribution is 0.145. The first-order valence-corrected chi connectivity index (χ1v) is 7.31. The number of halogens is 2. The Morgan fingerprint density at radius 1 is 1.41 bits per heavy atom. The first kappa shape index (κ1) is 14.6. The molecule has 5 nitrogen and oxygen atoms in total. The summed E-state index contributed by atoms with van der Waals surface area (Å²) in [6.07, 6.45) is 1.80. The first-order valence-electron chi connectivity index (χ1n) is 6.43. The van der Waals surface area contributed by atoms with Crippen LogP contribution in [0.3, 0.4) is 0 Å². The van der Waals surface area contributed by atoms with Crippen molar-refractivity contribution in [2.75, 3.05) is 0 Å². The summed E-state index contributed by atoms with van der Waals surface area (Å²) in [5.74, 6) is 0.323. The molecule has 8 heteroatoms. The number of aromatic amines is 1. The molecule has 3 rings (SSSR count). The standard InChI is InChI=1S/C14H12F2N4OS/c1-7-6-22-14-10(7)13(21)17-9(18-14)4-3-8-5-20(2)19-11(8)12(15)16/h3-6,12H,1-2H3,(H,17,18,21)/b4-3+. The molecule has 0 saturated carbocycles. The van der Waals surface area contributed by atoms with Gasteiger partial charge in [-0.3, -0.25) is 9.48 Å². The minimum atomic E-state index is -2.66. The van der Waals surface area contributed by atoms with Crippen LogP contribution in [0.25, 0.3) is 22.4 Å². The topological polar surface area (TPSA) is 63.6 Å². The van der Waals surface area contributed by atoms with E-state index in [0.717, 1.165) is 5.56 Å². The van der Waals surface area contributed by atoms with E-state index in [1.54, 1.807) is 7.05 Å². The Kier molecular flexibility index (Phi) is 3.61. The summed E-state index contributed by atoms with van der Waals surface area (Å²) in [6, 6.07) is 0. The van der Waals surface area contributed by atoms with Crippen LogP contribution in [0.4, 0.5) is 8.78 Å². The van der Waals surface area contributed by atoms with Gasteiger partial charge < -0.3 is 4.98 Å². The maximum atomic E-state index is 12.9. The number of hydrogen-bond acceptors (Lipinski definition) is 4. The molecule has 0 radical (unpaired) electrons. The van der Waals surface area contributed by atoms with Gasteiger partial charge in [0.05, 0.1) is 5.39 Å². The molecule has 3 aromatic rings. The minimum Gasteiger partial charge on any atom is -0.306 e. The highest BCUT2D eigenvalue weighted by Crippen LogP contribution is 2.23. The number of H-pyrrole nitrogens is 1. The van der Waals surface area contributed by atoms with Crippen molar-refractivity contribution in [2.45, 2.75) is 13.3 Å². The third kappa shape index (κ3) is 2.57. The van der Waals surface area contributed by atoms with Crippen LogP contribution in [0.1, 0.15) is 29.1 Å². The highest BCUT2D eigenvalue weighted by atomic mass is 32.1. The Balaban J connectivity index is 2.01. The van der Waals surface area contributed by atoms with Crippen molar-refractivity contribution < 1.29 is 8.78 Å². The number of nitrogens with zero attached hydrogens (tertiary/aromatic N) is 3. The molecule has 3 aromatic heterocycles. The van der Waals surface area contributed by atoms with E-state index in [9.17, 15) is 13.6 Å². The van der Waals surface area contributed by atoms with Gasteiger partial charge in [-0.25, -0.2) is 13.8 Å². The summed E-state index contributed by atoms with van der Waals surface area (Å²) in [5.41, 5.74) is 0.636. The summed E-state index contributed by atoms with van der Waals surface area (Å²) in [6.45, 7) is 1.84. The number of nitrogens with one attached hydrogen (secondary N) is 1. The average Bonchev–Trinajstić information content (AvgIpc) is 3.00. The van der Waals surface area contributed by atoms with Crippen molar-refractivity contribution in [3.8, 4) is 0 Å². The highest BCUT2D eigenvalue weighted by Gasteiger charge is 2.15. The maximum Gasteiger partial charge on any atom is 0.282 e. The van der Waals surface area contributed by atoms with Gasteiger partial charge in [-0.1, -0.05) is 0 Å². The zero-order chi connectivity index (χ0) is 15.9. The fraction of sp³-hybridized carbons (Fsp3) is 0.214. The summed E-state index contributed by atoms with van der Waals surface area (Å²) in [7, 11) is 1.57. The molecular formula is C14H12F2N4OS. The van der Waals surface area contributed by atoms with Gasteiger partial charge in [-0.2, -0.15) is 5.10 Å². The Hall–Kier alpha value is -2.35. The van der Waals surface area contributed by atoms with Gasteiger partial charge in [-0.15, -0.1) is 11.3 Å². The maximum absolute atomic E-state index is 12.9. The summed E-state index contributed by atoms with van der Waals surface area (Å²) >= 11 is 1.37. The average molecular weight is 322 g/mol. The summed E-state index contributed by atoms with van der Waals surface area (Å²) in [4.78, 5) is 19.6. The number of rotatable bonds is 3. The fourth-order valence-corrected chi connectivity index (χ4v) is 3.10. The molecule has 22 heavy (non-hydrogen) atoms. The minimum absolute atomic E-state index is 0.233. The number of aryl methyl sites for hydroxylation is 2. The molecule has 0 aliphatic heterocycles. The van der Waals surface area contributed by atoms with Crippen molar-refractivity contribution in [3.63, 3.8) is 0 Å². The molecule has 0 fully saturated rings. The third-order valence-corrected chi connectivity index (χ3v) is 4.15. The predicted molar refractivity (Wildman–Crippen MR) is 82.1 cm³/mol. The molecule has 1 N–H and O–H groups in total. The van der Waals surface area contributed by atoms with E-state index in [4.69, 9.17) is 0 Å². The summed E-state index contributed by atoms with van der Waals surface area (Å²) < 4.78 is 27.0. The number of alkyl halides is 2. The molecule has 114 valence electrons. The van der Waals surface area contributed by atoms with Gasteiger partial charge in [0.2, 0.25) is 0 Å². The largest absolute Gasteiger partial charge is 0.306 e. The van der Waals surface area contributed by atoms with Crippen molar-refractivity contribution in [1.29, 1.82) is 0 Å². The number of thiophene rings is 1. The lowest BCUT2D eigenvalue weighted by Gasteiger charge is -1.96. The van der Waals surface area contributed by atoms with Crippen LogP contribution in [0.5, 0.6) is 0 Å². The van der Waals surface area contributed by atoms with Crippen LogP contribution in [0, 0.1) is 6.92 Å². The number of aromatic nitrogens is 4. The van der Waals surface area contributed by atoms with Gasteiger partial charge in [0.25, 0.3) is 12.0 Å². The molecule has 0 bridgehead atoms. The quantitative estimate of drug-likeness (QED) is 0.806. The SMILES string of the molecule is Cc1csc2nc(/C=C/c3cn(C)nc3C(F)F)[nH]c(=O)c12. The van der Waals surface area contributed by atoms with E-state index in [1.165, 1.54) is 34.4 Å². The molecule has 0 atom stereocenters. The fourth-order valence-electron chi connectivity index (χ4n) is 2.18. The molecule has 3 heterocycles. The molecule has 0 aliphatic rings. The smallest absolute Gasteiger partial charge is 0.282 e. The second-order valence-corrected chi connectivity index (χ2v) is 5.69. The molecule has 0 unspecified atom stereocenters. The first-order chi connectivity index (χ1) is 10.5. The monoisotopic (exact) mass is 322 g/mol. The van der Waals surface area contributed by atoms with E-state index in [2.05, 4.69) is 15.1 Å². The van der Waals surface area contributed by atoms with E-state index >= 15 is 0 Å². The van der Waals surface area contributed by atoms with Gasteiger partial charge in [0.15, 0.2) is 0 Å². The van der Waals surface area contributed by atoms with Crippen LogP contribution >= 0.6 is 11.3 Å². The van der Waals surface area contributed by atoms with Crippen LogP contribution in [-0.2, 0) is 7.05 Å². The molecule has 0 aliphatic carbocycles. The van der Waals surface area contributed by atoms with E-state index in [-0.39, 0.29) is 11.3 Å². The van der Waals surface area contributed by atoms with Crippen molar-refractivity contribution in [3.05, 3.63) is 44.6 Å². The number of hydrogen-bond donors (Lipinski definition) is 1. The normalized spacial score (nSPS) is 12.0.